The van der Waals surface area contributed by atoms with E-state index in [1.54, 1.807) is 49.4 Å². The number of carbonyl (C=O) groups is 2. The molecular formula is C20H16Cl2N2O5S. The van der Waals surface area contributed by atoms with Gasteiger partial charge in [0.2, 0.25) is 0 Å². The molecule has 2 aromatic carbocycles. The molecule has 0 unspecified atom stereocenters. The lowest BCUT2D eigenvalue weighted by Gasteiger charge is -2.11. The Labute approximate surface area is 186 Å². The number of aliphatic carboxylic acids is 1. The fourth-order valence-electron chi connectivity index (χ4n) is 2.45. The Balaban J connectivity index is 1.83. The Bertz CT molecular complexity index is 1060. The number of halogens is 2. The van der Waals surface area contributed by atoms with Gasteiger partial charge < -0.3 is 19.9 Å². The fourth-order valence-corrected chi connectivity index (χ4v) is 3.62. The third kappa shape index (κ3) is 5.69. The summed E-state index contributed by atoms with van der Waals surface area (Å²) < 4.78 is 10.7. The van der Waals surface area contributed by atoms with Crippen LogP contribution in [0.15, 0.2) is 46.3 Å². The minimum Gasteiger partial charge on any atom is -0.490 e. The number of carboxylic acids is 1. The molecule has 1 aliphatic heterocycles. The van der Waals surface area contributed by atoms with Crippen molar-refractivity contribution < 1.29 is 24.2 Å². The van der Waals surface area contributed by atoms with Crippen LogP contribution in [0, 0.1) is 0 Å². The molecule has 1 aliphatic rings. The summed E-state index contributed by atoms with van der Waals surface area (Å²) in [5.41, 5.74) is 1.13. The highest BCUT2D eigenvalue weighted by atomic mass is 35.5. The first-order valence-electron chi connectivity index (χ1n) is 8.71. The van der Waals surface area contributed by atoms with Gasteiger partial charge in [0.15, 0.2) is 23.3 Å². The van der Waals surface area contributed by atoms with Crippen molar-refractivity contribution in [1.82, 2.24) is 5.32 Å². The van der Waals surface area contributed by atoms with Crippen molar-refractivity contribution in [3.8, 4) is 11.5 Å². The Kier molecular flexibility index (Phi) is 7.25. The zero-order chi connectivity index (χ0) is 21.7. The van der Waals surface area contributed by atoms with Crippen molar-refractivity contribution in [2.24, 2.45) is 4.99 Å². The van der Waals surface area contributed by atoms with Crippen molar-refractivity contribution in [1.29, 1.82) is 0 Å². The number of nitrogens with zero attached hydrogens (tertiary/aromatic N) is 1. The Morgan fingerprint density at radius 2 is 2.00 bits per heavy atom. The summed E-state index contributed by atoms with van der Waals surface area (Å²) in [5.74, 6) is -0.700. The van der Waals surface area contributed by atoms with Crippen molar-refractivity contribution >= 4 is 63.8 Å². The van der Waals surface area contributed by atoms with Crippen LogP contribution in [0.1, 0.15) is 12.5 Å². The Hall–Kier alpha value is -2.68. The van der Waals surface area contributed by atoms with E-state index in [-0.39, 0.29) is 5.91 Å². The maximum absolute atomic E-state index is 12.3. The van der Waals surface area contributed by atoms with Crippen LogP contribution in [-0.4, -0.2) is 35.4 Å². The molecular weight excluding hydrogens is 451 g/mol. The van der Waals surface area contributed by atoms with Crippen LogP contribution in [-0.2, 0) is 9.59 Å². The van der Waals surface area contributed by atoms with Gasteiger partial charge in [0.05, 0.1) is 22.2 Å². The van der Waals surface area contributed by atoms with Crippen molar-refractivity contribution in [3.05, 3.63) is 56.9 Å². The molecule has 3 rings (SSSR count). The number of aliphatic imine (C=N–C) groups is 1. The third-order valence-electron chi connectivity index (χ3n) is 3.70. The van der Waals surface area contributed by atoms with Crippen LogP contribution in [0.3, 0.4) is 0 Å². The van der Waals surface area contributed by atoms with Gasteiger partial charge in [-0.3, -0.25) is 4.79 Å². The number of hydrogen-bond acceptors (Lipinski definition) is 6. The van der Waals surface area contributed by atoms with E-state index < -0.39 is 12.6 Å². The average Bonchev–Trinajstić information content (AvgIpc) is 3.03. The Morgan fingerprint density at radius 3 is 2.73 bits per heavy atom. The lowest BCUT2D eigenvalue weighted by atomic mass is 10.2. The first-order chi connectivity index (χ1) is 14.4. The molecule has 0 aromatic heterocycles. The molecule has 1 fully saturated rings. The number of thioether (sulfide) groups is 1. The number of benzene rings is 2. The van der Waals surface area contributed by atoms with Gasteiger partial charge in [-0.2, -0.15) is 0 Å². The largest absolute Gasteiger partial charge is 0.490 e. The smallest absolute Gasteiger partial charge is 0.341 e. The predicted octanol–water partition coefficient (Wildman–Crippen LogP) is 4.75. The second-order valence-electron chi connectivity index (χ2n) is 5.90. The first-order valence-corrected chi connectivity index (χ1v) is 10.3. The van der Waals surface area contributed by atoms with Crippen LogP contribution in [0.25, 0.3) is 6.08 Å². The number of amides is 1. The second kappa shape index (κ2) is 9.88. The van der Waals surface area contributed by atoms with E-state index in [4.69, 9.17) is 37.8 Å². The normalized spacial score (nSPS) is 16.0. The molecule has 1 heterocycles. The average molecular weight is 467 g/mol. The fraction of sp³-hybridized carbons (Fsp3) is 0.150. The van der Waals surface area contributed by atoms with Crippen LogP contribution >= 0.6 is 35.0 Å². The minimum absolute atomic E-state index is 0.305. The SMILES string of the molecule is CCOc1cc(/C=C2/SC(=Nc3cc(Cl)ccc3Cl)NC2=O)ccc1OCC(=O)O. The quantitative estimate of drug-likeness (QED) is 0.571. The highest BCUT2D eigenvalue weighted by Crippen LogP contribution is 2.34. The first kappa shape index (κ1) is 22.0. The number of carbonyl (C=O) groups excluding carboxylic acids is 1. The minimum atomic E-state index is -1.09. The lowest BCUT2D eigenvalue weighted by molar-refractivity contribution is -0.139. The summed E-state index contributed by atoms with van der Waals surface area (Å²) in [4.78, 5) is 27.8. The maximum atomic E-state index is 12.3. The standard InChI is InChI=1S/C20H16Cl2N2O5S/c1-2-28-16-7-11(3-6-15(16)29-10-18(25)26)8-17-19(27)24-20(30-17)23-14-9-12(21)4-5-13(14)22/h3-9H,2,10H2,1H3,(H,25,26)(H,23,24,27)/b17-8+. The molecule has 7 nitrogen and oxygen atoms in total. The second-order valence-corrected chi connectivity index (χ2v) is 7.77. The third-order valence-corrected chi connectivity index (χ3v) is 5.16. The molecule has 30 heavy (non-hydrogen) atoms. The molecule has 0 aliphatic carbocycles. The number of carboxylic acid groups (broad SMARTS) is 1. The van der Waals surface area contributed by atoms with Gasteiger partial charge in [0.25, 0.3) is 5.91 Å². The van der Waals surface area contributed by atoms with E-state index in [1.165, 1.54) is 0 Å². The molecule has 1 saturated heterocycles. The number of amidine groups is 1. The molecule has 0 atom stereocenters. The molecule has 10 heteroatoms. The van der Waals surface area contributed by atoms with Crippen LogP contribution < -0.4 is 14.8 Å². The number of ether oxygens (including phenoxy) is 2. The summed E-state index contributed by atoms with van der Waals surface area (Å²) >= 11 is 13.3. The predicted molar refractivity (Wildman–Crippen MR) is 118 cm³/mol. The Morgan fingerprint density at radius 1 is 1.20 bits per heavy atom. The van der Waals surface area contributed by atoms with E-state index >= 15 is 0 Å². The van der Waals surface area contributed by atoms with E-state index in [1.807, 2.05) is 0 Å². The summed E-state index contributed by atoms with van der Waals surface area (Å²) in [6.45, 7) is 1.69. The monoisotopic (exact) mass is 466 g/mol. The zero-order valence-corrected chi connectivity index (χ0v) is 18.0. The van der Waals surface area contributed by atoms with Gasteiger partial charge in [0.1, 0.15) is 0 Å². The topological polar surface area (TPSA) is 97.2 Å². The molecule has 0 bridgehead atoms. The van der Waals surface area contributed by atoms with Crippen molar-refractivity contribution in [2.75, 3.05) is 13.2 Å². The van der Waals surface area contributed by atoms with E-state index in [0.717, 1.165) is 11.8 Å². The van der Waals surface area contributed by atoms with Crippen LogP contribution in [0.2, 0.25) is 10.0 Å². The van der Waals surface area contributed by atoms with Crippen LogP contribution in [0.4, 0.5) is 5.69 Å². The van der Waals surface area contributed by atoms with Gasteiger partial charge >= 0.3 is 5.97 Å². The summed E-state index contributed by atoms with van der Waals surface area (Å²) in [5, 5.41) is 12.7. The lowest BCUT2D eigenvalue weighted by Crippen LogP contribution is -2.19. The highest BCUT2D eigenvalue weighted by Gasteiger charge is 2.24. The molecule has 1 amide bonds. The molecule has 156 valence electrons. The molecule has 0 spiro atoms. The van der Waals surface area contributed by atoms with Gasteiger partial charge in [-0.25, -0.2) is 9.79 Å². The van der Waals surface area contributed by atoms with Gasteiger partial charge in [-0.05, 0) is 60.7 Å². The molecule has 0 radical (unpaired) electrons. The highest BCUT2D eigenvalue weighted by molar-refractivity contribution is 8.18. The van der Waals surface area contributed by atoms with Gasteiger partial charge in [0, 0.05) is 5.02 Å². The van der Waals surface area contributed by atoms with Gasteiger partial charge in [-0.15, -0.1) is 0 Å². The van der Waals surface area contributed by atoms with E-state index in [9.17, 15) is 9.59 Å². The van der Waals surface area contributed by atoms with Crippen LogP contribution in [0.5, 0.6) is 11.5 Å². The molecule has 2 N–H and O–H groups in total. The van der Waals surface area contributed by atoms with Crippen molar-refractivity contribution in [3.63, 3.8) is 0 Å². The number of nitrogens with one attached hydrogen (secondary N) is 1. The number of hydrogen-bond donors (Lipinski definition) is 2. The maximum Gasteiger partial charge on any atom is 0.341 e. The summed E-state index contributed by atoms with van der Waals surface area (Å²) in [6, 6.07) is 9.85. The van der Waals surface area contributed by atoms with Gasteiger partial charge in [-0.1, -0.05) is 29.3 Å². The molecule has 2 aromatic rings. The summed E-state index contributed by atoms with van der Waals surface area (Å²) in [7, 11) is 0. The summed E-state index contributed by atoms with van der Waals surface area (Å²) in [6.07, 6.45) is 1.67. The molecule has 0 saturated carbocycles. The van der Waals surface area contributed by atoms with E-state index in [0.29, 0.717) is 49.5 Å². The van der Waals surface area contributed by atoms with E-state index in [2.05, 4.69) is 10.3 Å². The van der Waals surface area contributed by atoms with Crippen molar-refractivity contribution in [2.45, 2.75) is 6.92 Å². The zero-order valence-electron chi connectivity index (χ0n) is 15.6. The number of rotatable bonds is 7.